The summed E-state index contributed by atoms with van der Waals surface area (Å²) >= 11 is 1.77. The van der Waals surface area contributed by atoms with Crippen LogP contribution < -0.4 is 11.1 Å². The van der Waals surface area contributed by atoms with Gasteiger partial charge in [0.2, 0.25) is 5.91 Å². The van der Waals surface area contributed by atoms with Crippen molar-refractivity contribution < 1.29 is 4.79 Å². The third-order valence-corrected chi connectivity index (χ3v) is 4.24. The van der Waals surface area contributed by atoms with E-state index in [4.69, 9.17) is 5.73 Å². The molecular formula is C13H21N3OS. The molecule has 1 amide bonds. The van der Waals surface area contributed by atoms with E-state index >= 15 is 0 Å². The Bertz CT molecular complexity index is 376. The van der Waals surface area contributed by atoms with Gasteiger partial charge in [0.1, 0.15) is 0 Å². The Labute approximate surface area is 112 Å². The van der Waals surface area contributed by atoms with Crippen LogP contribution in [0.4, 0.5) is 0 Å². The zero-order valence-corrected chi connectivity index (χ0v) is 11.6. The summed E-state index contributed by atoms with van der Waals surface area (Å²) in [4.78, 5) is 15.3. The van der Waals surface area contributed by atoms with Gasteiger partial charge >= 0.3 is 0 Å². The molecule has 1 unspecified atom stereocenters. The first kappa shape index (κ1) is 13.5. The van der Waals surface area contributed by atoms with Gasteiger partial charge in [-0.05, 0) is 24.3 Å². The number of carbonyl (C=O) groups is 1. The number of rotatable bonds is 7. The second-order valence-electron chi connectivity index (χ2n) is 4.75. The average Bonchev–Trinajstić information content (AvgIpc) is 3.10. The lowest BCUT2D eigenvalue weighted by Gasteiger charge is -2.30. The van der Waals surface area contributed by atoms with Gasteiger partial charge in [-0.3, -0.25) is 9.69 Å². The van der Waals surface area contributed by atoms with Crippen LogP contribution in [0.1, 0.15) is 24.1 Å². The Balaban J connectivity index is 2.00. The van der Waals surface area contributed by atoms with Crippen LogP contribution in [0.2, 0.25) is 0 Å². The number of nitrogens with two attached hydrogens (primary N) is 1. The fourth-order valence-corrected chi connectivity index (χ4v) is 2.91. The molecule has 1 aromatic heterocycles. The molecular weight excluding hydrogens is 246 g/mol. The standard InChI is InChI=1S/C13H21N3OS/c1-15-13(17)7-11(8-14)16(10-4-5-10)9-12-3-2-6-18-12/h2-3,6,10-11H,4-5,7-9,14H2,1H3,(H,15,17). The summed E-state index contributed by atoms with van der Waals surface area (Å²) in [6.45, 7) is 1.45. The largest absolute Gasteiger partial charge is 0.359 e. The van der Waals surface area contributed by atoms with Gasteiger partial charge in [-0.2, -0.15) is 0 Å². The minimum atomic E-state index is 0.0716. The summed E-state index contributed by atoms with van der Waals surface area (Å²) in [5.74, 6) is 0.0716. The molecule has 100 valence electrons. The summed E-state index contributed by atoms with van der Waals surface area (Å²) in [7, 11) is 1.68. The van der Waals surface area contributed by atoms with Gasteiger partial charge in [0.15, 0.2) is 0 Å². The molecule has 1 saturated carbocycles. The molecule has 1 fully saturated rings. The minimum Gasteiger partial charge on any atom is -0.359 e. The molecule has 4 nitrogen and oxygen atoms in total. The maximum atomic E-state index is 11.5. The summed E-state index contributed by atoms with van der Waals surface area (Å²) in [5, 5.41) is 4.78. The molecule has 1 atom stereocenters. The molecule has 0 bridgehead atoms. The molecule has 1 heterocycles. The molecule has 2 rings (SSSR count). The van der Waals surface area contributed by atoms with E-state index in [0.717, 1.165) is 6.54 Å². The number of hydrogen-bond donors (Lipinski definition) is 2. The van der Waals surface area contributed by atoms with E-state index in [1.807, 2.05) is 0 Å². The normalized spacial score (nSPS) is 16.8. The first-order chi connectivity index (χ1) is 8.74. The van der Waals surface area contributed by atoms with E-state index < -0.39 is 0 Å². The zero-order valence-electron chi connectivity index (χ0n) is 10.8. The Morgan fingerprint density at radius 2 is 2.44 bits per heavy atom. The van der Waals surface area contributed by atoms with E-state index in [-0.39, 0.29) is 11.9 Å². The molecule has 18 heavy (non-hydrogen) atoms. The molecule has 0 radical (unpaired) electrons. The SMILES string of the molecule is CNC(=O)CC(CN)N(Cc1cccs1)C1CC1. The highest BCUT2D eigenvalue weighted by atomic mass is 32.1. The van der Waals surface area contributed by atoms with Crippen LogP contribution in [-0.4, -0.2) is 36.5 Å². The minimum absolute atomic E-state index is 0.0716. The second-order valence-corrected chi connectivity index (χ2v) is 5.78. The topological polar surface area (TPSA) is 58.4 Å². The highest BCUT2D eigenvalue weighted by molar-refractivity contribution is 7.09. The van der Waals surface area contributed by atoms with Crippen LogP contribution in [0.25, 0.3) is 0 Å². The maximum Gasteiger partial charge on any atom is 0.221 e. The second kappa shape index (κ2) is 6.31. The van der Waals surface area contributed by atoms with Gasteiger partial charge in [-0.1, -0.05) is 6.07 Å². The van der Waals surface area contributed by atoms with Crippen LogP contribution in [0, 0.1) is 0 Å². The van der Waals surface area contributed by atoms with Crippen molar-refractivity contribution in [1.29, 1.82) is 0 Å². The average molecular weight is 267 g/mol. The predicted octanol–water partition coefficient (Wildman–Crippen LogP) is 1.18. The molecule has 0 spiro atoms. The van der Waals surface area contributed by atoms with Crippen molar-refractivity contribution >= 4 is 17.2 Å². The van der Waals surface area contributed by atoms with Crippen molar-refractivity contribution in [3.63, 3.8) is 0 Å². The summed E-state index contributed by atoms with van der Waals surface area (Å²) in [6, 6.07) is 4.99. The number of nitrogens with zero attached hydrogens (tertiary/aromatic N) is 1. The van der Waals surface area contributed by atoms with Crippen molar-refractivity contribution in [1.82, 2.24) is 10.2 Å². The van der Waals surface area contributed by atoms with Crippen LogP contribution in [-0.2, 0) is 11.3 Å². The van der Waals surface area contributed by atoms with Crippen LogP contribution in [0.15, 0.2) is 17.5 Å². The Kier molecular flexibility index (Phi) is 4.74. The van der Waals surface area contributed by atoms with Crippen LogP contribution >= 0.6 is 11.3 Å². The van der Waals surface area contributed by atoms with Gasteiger partial charge in [-0.25, -0.2) is 0 Å². The monoisotopic (exact) mass is 267 g/mol. The first-order valence-electron chi connectivity index (χ1n) is 6.43. The van der Waals surface area contributed by atoms with E-state index in [1.54, 1.807) is 18.4 Å². The number of nitrogens with one attached hydrogen (secondary N) is 1. The van der Waals surface area contributed by atoms with Gasteiger partial charge in [0.05, 0.1) is 0 Å². The number of amides is 1. The van der Waals surface area contributed by atoms with Crippen LogP contribution in [0.5, 0.6) is 0 Å². The van der Waals surface area contributed by atoms with Crippen molar-refractivity contribution in [2.45, 2.75) is 37.9 Å². The number of hydrogen-bond acceptors (Lipinski definition) is 4. The van der Waals surface area contributed by atoms with E-state index in [0.29, 0.717) is 19.0 Å². The summed E-state index contributed by atoms with van der Waals surface area (Å²) < 4.78 is 0. The third kappa shape index (κ3) is 3.54. The Morgan fingerprint density at radius 3 is 2.94 bits per heavy atom. The van der Waals surface area contributed by atoms with Gasteiger partial charge < -0.3 is 11.1 Å². The maximum absolute atomic E-state index is 11.5. The van der Waals surface area contributed by atoms with Crippen molar-refractivity contribution in [3.05, 3.63) is 22.4 Å². The quantitative estimate of drug-likeness (QED) is 0.780. The highest BCUT2D eigenvalue weighted by Crippen LogP contribution is 2.31. The third-order valence-electron chi connectivity index (χ3n) is 3.38. The lowest BCUT2D eigenvalue weighted by atomic mass is 10.1. The summed E-state index contributed by atoms with van der Waals surface area (Å²) in [6.07, 6.45) is 2.96. The van der Waals surface area contributed by atoms with Crippen molar-refractivity contribution in [3.8, 4) is 0 Å². The molecule has 5 heteroatoms. The first-order valence-corrected chi connectivity index (χ1v) is 7.31. The highest BCUT2D eigenvalue weighted by Gasteiger charge is 2.34. The predicted molar refractivity (Wildman–Crippen MR) is 74.4 cm³/mol. The van der Waals surface area contributed by atoms with Gasteiger partial charge in [-0.15, -0.1) is 11.3 Å². The van der Waals surface area contributed by atoms with Gasteiger partial charge in [0.25, 0.3) is 0 Å². The van der Waals surface area contributed by atoms with E-state index in [9.17, 15) is 4.79 Å². The van der Waals surface area contributed by atoms with Crippen LogP contribution in [0.3, 0.4) is 0 Å². The molecule has 1 aliphatic rings. The van der Waals surface area contributed by atoms with Crippen molar-refractivity contribution in [2.75, 3.05) is 13.6 Å². The molecule has 3 N–H and O–H groups in total. The van der Waals surface area contributed by atoms with Gasteiger partial charge in [0, 0.05) is 43.5 Å². The molecule has 1 aromatic rings. The van der Waals surface area contributed by atoms with E-state index in [1.165, 1.54) is 17.7 Å². The Morgan fingerprint density at radius 1 is 1.67 bits per heavy atom. The Hall–Kier alpha value is -0.910. The molecule has 0 aromatic carbocycles. The lowest BCUT2D eigenvalue weighted by Crippen LogP contribution is -2.44. The van der Waals surface area contributed by atoms with E-state index in [2.05, 4.69) is 27.7 Å². The molecule has 0 aliphatic heterocycles. The number of carbonyl (C=O) groups excluding carboxylic acids is 1. The lowest BCUT2D eigenvalue weighted by molar-refractivity contribution is -0.121. The zero-order chi connectivity index (χ0) is 13.0. The smallest absolute Gasteiger partial charge is 0.221 e. The summed E-state index contributed by atoms with van der Waals surface area (Å²) in [5.41, 5.74) is 5.85. The van der Waals surface area contributed by atoms with Crippen molar-refractivity contribution in [2.24, 2.45) is 5.73 Å². The fourth-order valence-electron chi connectivity index (χ4n) is 2.20. The fraction of sp³-hybridized carbons (Fsp3) is 0.615. The molecule has 1 aliphatic carbocycles. The molecule has 0 saturated heterocycles. The number of thiophene rings is 1.